The molecule has 0 atom stereocenters. The summed E-state index contributed by atoms with van der Waals surface area (Å²) in [6.07, 6.45) is 1.88. The molecule has 1 aliphatic heterocycles. The summed E-state index contributed by atoms with van der Waals surface area (Å²) in [4.78, 5) is 9.24. The van der Waals surface area contributed by atoms with Gasteiger partial charge in [-0.3, -0.25) is 0 Å². The van der Waals surface area contributed by atoms with Crippen LogP contribution in [0.2, 0.25) is 0 Å². The third kappa shape index (κ3) is 2.97. The molecular weight excluding hydrogens is 328 g/mol. The minimum absolute atomic E-state index is 0.810. The summed E-state index contributed by atoms with van der Waals surface area (Å²) in [7, 11) is 0. The van der Waals surface area contributed by atoms with Crippen molar-refractivity contribution < 1.29 is 0 Å². The summed E-state index contributed by atoms with van der Waals surface area (Å²) in [5.74, 6) is 1.05. The van der Waals surface area contributed by atoms with Crippen LogP contribution in [0.25, 0.3) is 0 Å². The highest BCUT2D eigenvalue weighted by Gasteiger charge is 2.20. The third-order valence-electron chi connectivity index (χ3n) is 3.90. The summed E-state index contributed by atoms with van der Waals surface area (Å²) >= 11 is 3.65. The summed E-state index contributed by atoms with van der Waals surface area (Å²) in [6.45, 7) is 6.02. The summed E-state index contributed by atoms with van der Waals surface area (Å²) in [5.41, 5.74) is 9.01. The molecular formula is C16H19BrN4. The highest BCUT2D eigenvalue weighted by Crippen LogP contribution is 2.28. The van der Waals surface area contributed by atoms with Crippen LogP contribution in [0.5, 0.6) is 0 Å². The number of pyridine rings is 1. The van der Waals surface area contributed by atoms with Crippen LogP contribution in [-0.2, 0) is 0 Å². The first-order chi connectivity index (χ1) is 10.1. The molecule has 0 spiro atoms. The van der Waals surface area contributed by atoms with Gasteiger partial charge in [0.2, 0.25) is 0 Å². The highest BCUT2D eigenvalue weighted by molar-refractivity contribution is 9.10. The molecule has 1 aromatic heterocycles. The topological polar surface area (TPSA) is 45.4 Å². The van der Waals surface area contributed by atoms with Crippen LogP contribution in [0.1, 0.15) is 5.56 Å². The zero-order valence-electron chi connectivity index (χ0n) is 12.1. The highest BCUT2D eigenvalue weighted by atomic mass is 79.9. The number of aryl methyl sites for hydroxylation is 1. The van der Waals surface area contributed by atoms with Gasteiger partial charge >= 0.3 is 0 Å². The first-order valence-corrected chi connectivity index (χ1v) is 7.91. The average molecular weight is 347 g/mol. The van der Waals surface area contributed by atoms with E-state index in [9.17, 15) is 0 Å². The fraction of sp³-hybridized carbons (Fsp3) is 0.312. The fourth-order valence-corrected chi connectivity index (χ4v) is 3.09. The molecule has 3 rings (SSSR count). The van der Waals surface area contributed by atoms with Crippen molar-refractivity contribution in [3.8, 4) is 0 Å². The summed E-state index contributed by atoms with van der Waals surface area (Å²) in [6, 6.07) is 10.1. The Morgan fingerprint density at radius 1 is 1.00 bits per heavy atom. The van der Waals surface area contributed by atoms with Gasteiger partial charge in [0.15, 0.2) is 0 Å². The van der Waals surface area contributed by atoms with Crippen molar-refractivity contribution in [1.29, 1.82) is 0 Å². The van der Waals surface area contributed by atoms with Crippen molar-refractivity contribution in [2.75, 3.05) is 41.7 Å². The molecule has 1 aliphatic rings. The van der Waals surface area contributed by atoms with Crippen molar-refractivity contribution in [2.24, 2.45) is 0 Å². The number of nitrogens with two attached hydrogens (primary N) is 1. The number of piperazine rings is 1. The number of hydrogen-bond donors (Lipinski definition) is 1. The molecule has 5 heteroatoms. The number of nitrogens with zero attached hydrogens (tertiary/aromatic N) is 3. The molecule has 1 aromatic carbocycles. The maximum atomic E-state index is 5.74. The van der Waals surface area contributed by atoms with E-state index >= 15 is 0 Å². The Labute approximate surface area is 133 Å². The lowest BCUT2D eigenvalue weighted by atomic mass is 10.2. The largest absolute Gasteiger partial charge is 0.399 e. The van der Waals surface area contributed by atoms with Gasteiger partial charge in [-0.05, 0) is 58.7 Å². The van der Waals surface area contributed by atoms with Gasteiger partial charge in [-0.2, -0.15) is 0 Å². The van der Waals surface area contributed by atoms with Crippen LogP contribution < -0.4 is 15.5 Å². The van der Waals surface area contributed by atoms with Gasteiger partial charge in [0.05, 0.1) is 4.47 Å². The van der Waals surface area contributed by atoms with Crippen molar-refractivity contribution in [3.05, 3.63) is 46.6 Å². The number of benzene rings is 1. The molecule has 2 aromatic rings. The Balaban J connectivity index is 1.70. The number of anilines is 3. The molecule has 0 bridgehead atoms. The van der Waals surface area contributed by atoms with E-state index in [2.05, 4.69) is 49.8 Å². The number of nitrogen functional groups attached to an aromatic ring is 1. The first kappa shape index (κ1) is 14.2. The number of hydrogen-bond acceptors (Lipinski definition) is 4. The second kappa shape index (κ2) is 5.93. The SMILES string of the molecule is Cc1ccnc(N2CCN(c3ccc(N)cc3)CC2)c1Br. The molecule has 4 nitrogen and oxygen atoms in total. The van der Waals surface area contributed by atoms with Gasteiger partial charge in [0.1, 0.15) is 5.82 Å². The standard InChI is InChI=1S/C16H19BrN4/c1-12-6-7-19-16(15(12)17)21-10-8-20(9-11-21)14-4-2-13(18)3-5-14/h2-7H,8-11,18H2,1H3. The summed E-state index contributed by atoms with van der Waals surface area (Å²) in [5, 5.41) is 0. The van der Waals surface area contributed by atoms with E-state index in [4.69, 9.17) is 5.73 Å². The lowest BCUT2D eigenvalue weighted by molar-refractivity contribution is 0.646. The van der Waals surface area contributed by atoms with Crippen LogP contribution in [0.15, 0.2) is 41.0 Å². The fourth-order valence-electron chi connectivity index (χ4n) is 2.61. The third-order valence-corrected chi connectivity index (χ3v) is 4.88. The number of aromatic nitrogens is 1. The molecule has 110 valence electrons. The van der Waals surface area contributed by atoms with E-state index in [1.165, 1.54) is 11.3 Å². The lowest BCUT2D eigenvalue weighted by Crippen LogP contribution is -2.47. The van der Waals surface area contributed by atoms with Crippen molar-refractivity contribution in [2.45, 2.75) is 6.92 Å². The minimum atomic E-state index is 0.810. The van der Waals surface area contributed by atoms with E-state index in [0.717, 1.165) is 42.2 Å². The van der Waals surface area contributed by atoms with Gasteiger partial charge in [0, 0.05) is 43.8 Å². The van der Waals surface area contributed by atoms with Crippen LogP contribution in [0.4, 0.5) is 17.2 Å². The Morgan fingerprint density at radius 3 is 2.29 bits per heavy atom. The summed E-state index contributed by atoms with van der Waals surface area (Å²) < 4.78 is 1.10. The lowest BCUT2D eigenvalue weighted by Gasteiger charge is -2.37. The van der Waals surface area contributed by atoms with E-state index in [1.807, 2.05) is 24.4 Å². The molecule has 0 saturated carbocycles. The van der Waals surface area contributed by atoms with E-state index in [1.54, 1.807) is 0 Å². The van der Waals surface area contributed by atoms with Gasteiger partial charge < -0.3 is 15.5 Å². The molecule has 21 heavy (non-hydrogen) atoms. The normalized spacial score (nSPS) is 15.3. The zero-order valence-corrected chi connectivity index (χ0v) is 13.7. The second-order valence-corrected chi connectivity index (χ2v) is 6.12. The van der Waals surface area contributed by atoms with Crippen LogP contribution in [0, 0.1) is 6.92 Å². The van der Waals surface area contributed by atoms with Gasteiger partial charge in [-0.1, -0.05) is 0 Å². The van der Waals surface area contributed by atoms with Gasteiger partial charge in [-0.15, -0.1) is 0 Å². The van der Waals surface area contributed by atoms with Crippen LogP contribution >= 0.6 is 15.9 Å². The van der Waals surface area contributed by atoms with E-state index in [-0.39, 0.29) is 0 Å². The minimum Gasteiger partial charge on any atom is -0.399 e. The molecule has 0 amide bonds. The molecule has 1 saturated heterocycles. The molecule has 0 radical (unpaired) electrons. The molecule has 0 aliphatic carbocycles. The molecule has 2 N–H and O–H groups in total. The van der Waals surface area contributed by atoms with Crippen molar-refractivity contribution in [3.63, 3.8) is 0 Å². The predicted octanol–water partition coefficient (Wildman–Crippen LogP) is 3.06. The number of rotatable bonds is 2. The van der Waals surface area contributed by atoms with E-state index in [0.29, 0.717) is 0 Å². The first-order valence-electron chi connectivity index (χ1n) is 7.11. The smallest absolute Gasteiger partial charge is 0.143 e. The maximum absolute atomic E-state index is 5.74. The van der Waals surface area contributed by atoms with Crippen molar-refractivity contribution in [1.82, 2.24) is 4.98 Å². The van der Waals surface area contributed by atoms with Gasteiger partial charge in [-0.25, -0.2) is 4.98 Å². The predicted molar refractivity (Wildman–Crippen MR) is 92.0 cm³/mol. The Hall–Kier alpha value is -1.75. The average Bonchev–Trinajstić information content (AvgIpc) is 2.51. The van der Waals surface area contributed by atoms with Crippen LogP contribution in [0.3, 0.4) is 0 Å². The Kier molecular flexibility index (Phi) is 4.01. The maximum Gasteiger partial charge on any atom is 0.143 e. The quantitative estimate of drug-likeness (QED) is 0.849. The Morgan fingerprint density at radius 2 is 1.62 bits per heavy atom. The Bertz CT molecular complexity index is 619. The molecule has 1 fully saturated rings. The molecule has 0 unspecified atom stereocenters. The molecule has 2 heterocycles. The van der Waals surface area contributed by atoms with Crippen molar-refractivity contribution >= 4 is 33.1 Å². The van der Waals surface area contributed by atoms with Crippen LogP contribution in [-0.4, -0.2) is 31.2 Å². The second-order valence-electron chi connectivity index (χ2n) is 5.33. The van der Waals surface area contributed by atoms with Gasteiger partial charge in [0.25, 0.3) is 0 Å². The zero-order chi connectivity index (χ0) is 14.8. The van der Waals surface area contributed by atoms with E-state index < -0.39 is 0 Å². The number of halogens is 1. The monoisotopic (exact) mass is 346 g/mol.